The normalized spacial score (nSPS) is 17.7. The van der Waals surface area contributed by atoms with Crippen LogP contribution in [0.25, 0.3) is 11.2 Å². The molecule has 0 saturated carbocycles. The first-order valence-electron chi connectivity index (χ1n) is 7.42. The molecule has 1 aliphatic rings. The summed E-state index contributed by atoms with van der Waals surface area (Å²) in [5.41, 5.74) is 1.87. The zero-order chi connectivity index (χ0) is 14.8. The van der Waals surface area contributed by atoms with Gasteiger partial charge in [-0.15, -0.1) is 11.6 Å². The largest absolute Gasteiger partial charge is 0.312 e. The first-order valence-corrected chi connectivity index (χ1v) is 8.75. The fraction of sp³-hybridized carbons (Fsp3) is 0.600. The van der Waals surface area contributed by atoms with Crippen molar-refractivity contribution in [2.75, 3.05) is 20.1 Å². The van der Waals surface area contributed by atoms with E-state index >= 15 is 0 Å². The highest BCUT2D eigenvalue weighted by molar-refractivity contribution is 9.10. The monoisotopic (exact) mass is 370 g/mol. The molecule has 3 rings (SSSR count). The molecular formula is C15H20BrClN4. The van der Waals surface area contributed by atoms with Crippen molar-refractivity contribution in [3.8, 4) is 0 Å². The zero-order valence-electron chi connectivity index (χ0n) is 12.2. The number of hydrogen-bond acceptors (Lipinski definition) is 3. The van der Waals surface area contributed by atoms with Gasteiger partial charge in [-0.2, -0.15) is 0 Å². The summed E-state index contributed by atoms with van der Waals surface area (Å²) < 4.78 is 3.14. The lowest BCUT2D eigenvalue weighted by Gasteiger charge is -2.29. The molecule has 2 aromatic rings. The maximum Gasteiger partial charge on any atom is 0.160 e. The van der Waals surface area contributed by atoms with Gasteiger partial charge in [-0.1, -0.05) is 0 Å². The van der Waals surface area contributed by atoms with Gasteiger partial charge in [0.15, 0.2) is 5.65 Å². The van der Waals surface area contributed by atoms with Crippen molar-refractivity contribution in [1.82, 2.24) is 19.4 Å². The second-order valence-corrected chi connectivity index (χ2v) is 7.03. The summed E-state index contributed by atoms with van der Waals surface area (Å²) in [7, 11) is 2.20. The fourth-order valence-corrected chi connectivity index (χ4v) is 3.56. The van der Waals surface area contributed by atoms with E-state index in [0.717, 1.165) is 33.9 Å². The van der Waals surface area contributed by atoms with E-state index in [0.29, 0.717) is 5.88 Å². The van der Waals surface area contributed by atoms with Crippen molar-refractivity contribution in [2.45, 2.75) is 31.7 Å². The lowest BCUT2D eigenvalue weighted by atomic mass is 9.94. The van der Waals surface area contributed by atoms with Crippen LogP contribution in [0, 0.1) is 5.92 Å². The number of piperidine rings is 1. The molecule has 0 amide bonds. The molecule has 6 heteroatoms. The van der Waals surface area contributed by atoms with Gasteiger partial charge < -0.3 is 9.47 Å². The summed E-state index contributed by atoms with van der Waals surface area (Å²) in [6.07, 6.45) is 5.59. The Morgan fingerprint density at radius 1 is 1.38 bits per heavy atom. The molecule has 0 unspecified atom stereocenters. The van der Waals surface area contributed by atoms with E-state index in [1.165, 1.54) is 32.4 Å². The first-order chi connectivity index (χ1) is 10.2. The minimum atomic E-state index is 0.432. The molecule has 0 atom stereocenters. The molecule has 0 aliphatic carbocycles. The van der Waals surface area contributed by atoms with Crippen molar-refractivity contribution < 1.29 is 0 Å². The maximum atomic E-state index is 6.05. The fourth-order valence-electron chi connectivity index (χ4n) is 3.03. The number of nitrogens with zero attached hydrogens (tertiary/aromatic N) is 4. The molecule has 2 aromatic heterocycles. The molecule has 0 radical (unpaired) electrons. The molecule has 1 fully saturated rings. The molecule has 0 bridgehead atoms. The van der Waals surface area contributed by atoms with Crippen LogP contribution in [0.5, 0.6) is 0 Å². The summed E-state index contributed by atoms with van der Waals surface area (Å²) >= 11 is 9.50. The van der Waals surface area contributed by atoms with Crippen LogP contribution < -0.4 is 0 Å². The smallest absolute Gasteiger partial charge is 0.160 e. The van der Waals surface area contributed by atoms with Crippen LogP contribution in [-0.2, 0) is 12.4 Å². The summed E-state index contributed by atoms with van der Waals surface area (Å²) in [5.74, 6) is 2.16. The highest BCUT2D eigenvalue weighted by atomic mass is 79.9. The first kappa shape index (κ1) is 15.3. The third-order valence-corrected chi connectivity index (χ3v) is 5.02. The third kappa shape index (κ3) is 3.41. The summed E-state index contributed by atoms with van der Waals surface area (Å²) in [5, 5.41) is 0. The second-order valence-electron chi connectivity index (χ2n) is 5.84. The van der Waals surface area contributed by atoms with Crippen molar-refractivity contribution >= 4 is 38.7 Å². The lowest BCUT2D eigenvalue weighted by molar-refractivity contribution is 0.208. The van der Waals surface area contributed by atoms with Crippen LogP contribution in [0.1, 0.15) is 25.1 Å². The van der Waals surface area contributed by atoms with Gasteiger partial charge in [0.25, 0.3) is 0 Å². The van der Waals surface area contributed by atoms with Crippen LogP contribution in [-0.4, -0.2) is 39.6 Å². The summed E-state index contributed by atoms with van der Waals surface area (Å²) in [6, 6.07) is 2.00. The van der Waals surface area contributed by atoms with E-state index in [1.807, 2.05) is 12.3 Å². The van der Waals surface area contributed by atoms with Gasteiger partial charge in [0.2, 0.25) is 0 Å². The predicted molar refractivity (Wildman–Crippen MR) is 89.6 cm³/mol. The highest BCUT2D eigenvalue weighted by Gasteiger charge is 2.18. The average Bonchev–Trinajstić information content (AvgIpc) is 2.83. The number of imidazole rings is 1. The second kappa shape index (κ2) is 6.63. The number of hydrogen-bond donors (Lipinski definition) is 0. The Morgan fingerprint density at radius 2 is 2.14 bits per heavy atom. The van der Waals surface area contributed by atoms with Gasteiger partial charge in [0.05, 0.1) is 5.88 Å². The van der Waals surface area contributed by atoms with Crippen molar-refractivity contribution in [2.24, 2.45) is 5.92 Å². The van der Waals surface area contributed by atoms with Gasteiger partial charge >= 0.3 is 0 Å². The molecule has 21 heavy (non-hydrogen) atoms. The van der Waals surface area contributed by atoms with Crippen LogP contribution in [0.2, 0.25) is 0 Å². The zero-order valence-corrected chi connectivity index (χ0v) is 14.6. The number of pyridine rings is 1. The molecule has 3 heterocycles. The Labute approximate surface area is 138 Å². The minimum Gasteiger partial charge on any atom is -0.312 e. The van der Waals surface area contributed by atoms with Gasteiger partial charge in [0.1, 0.15) is 11.3 Å². The molecule has 0 N–H and O–H groups in total. The molecule has 0 spiro atoms. The highest BCUT2D eigenvalue weighted by Crippen LogP contribution is 2.24. The number of aryl methyl sites for hydroxylation is 1. The molecule has 0 aromatic carbocycles. The van der Waals surface area contributed by atoms with Crippen LogP contribution in [0.3, 0.4) is 0 Å². The van der Waals surface area contributed by atoms with Crippen LogP contribution in [0.15, 0.2) is 16.7 Å². The molecule has 114 valence electrons. The van der Waals surface area contributed by atoms with E-state index in [1.54, 1.807) is 0 Å². The number of likely N-dealkylation sites (tertiary alicyclic amines) is 1. The van der Waals surface area contributed by atoms with Gasteiger partial charge in [0, 0.05) is 17.2 Å². The molecule has 1 aliphatic heterocycles. The maximum absolute atomic E-state index is 6.05. The predicted octanol–water partition coefficient (Wildman–Crippen LogP) is 3.66. The minimum absolute atomic E-state index is 0.432. The number of rotatable bonds is 4. The topological polar surface area (TPSA) is 34.0 Å². The Bertz CT molecular complexity index is 619. The Morgan fingerprint density at radius 3 is 2.86 bits per heavy atom. The molecular weight excluding hydrogens is 352 g/mol. The molecule has 4 nitrogen and oxygen atoms in total. The number of fused-ring (bicyclic) bond motifs is 1. The average molecular weight is 372 g/mol. The quantitative estimate of drug-likeness (QED) is 0.769. The lowest BCUT2D eigenvalue weighted by Crippen LogP contribution is -2.30. The van der Waals surface area contributed by atoms with Crippen LogP contribution >= 0.6 is 27.5 Å². The number of aromatic nitrogens is 3. The van der Waals surface area contributed by atoms with E-state index in [-0.39, 0.29) is 0 Å². The Kier molecular flexibility index (Phi) is 4.82. The van der Waals surface area contributed by atoms with Crippen molar-refractivity contribution in [3.05, 3.63) is 22.6 Å². The van der Waals surface area contributed by atoms with E-state index < -0.39 is 0 Å². The standard InChI is InChI=1S/C15H20BrClN4/c1-20-5-2-11(3-6-20)4-7-21-14(9-17)19-13-8-12(16)10-18-15(13)21/h8,10-11H,2-7,9H2,1H3. The van der Waals surface area contributed by atoms with E-state index in [9.17, 15) is 0 Å². The van der Waals surface area contributed by atoms with E-state index in [4.69, 9.17) is 11.6 Å². The SMILES string of the molecule is CN1CCC(CCn2c(CCl)nc3cc(Br)cnc32)CC1. The van der Waals surface area contributed by atoms with Crippen LogP contribution in [0.4, 0.5) is 0 Å². The molecule has 1 saturated heterocycles. The summed E-state index contributed by atoms with van der Waals surface area (Å²) in [4.78, 5) is 11.5. The van der Waals surface area contributed by atoms with Crippen molar-refractivity contribution in [1.29, 1.82) is 0 Å². The third-order valence-electron chi connectivity index (χ3n) is 4.35. The van der Waals surface area contributed by atoms with Gasteiger partial charge in [-0.3, -0.25) is 0 Å². The number of halogens is 2. The van der Waals surface area contributed by atoms with E-state index in [2.05, 4.69) is 42.4 Å². The Hall–Kier alpha value is -0.650. The summed E-state index contributed by atoms with van der Waals surface area (Å²) in [6.45, 7) is 3.38. The number of alkyl halides is 1. The van der Waals surface area contributed by atoms with Gasteiger partial charge in [-0.05, 0) is 67.3 Å². The van der Waals surface area contributed by atoms with Crippen molar-refractivity contribution in [3.63, 3.8) is 0 Å². The van der Waals surface area contributed by atoms with Gasteiger partial charge in [-0.25, -0.2) is 9.97 Å². The Balaban J connectivity index is 1.76.